The summed E-state index contributed by atoms with van der Waals surface area (Å²) in [6, 6.07) is 11.3. The van der Waals surface area contributed by atoms with Crippen molar-refractivity contribution in [1.29, 1.82) is 0 Å². The van der Waals surface area contributed by atoms with Crippen LogP contribution in [0.4, 0.5) is 5.69 Å². The maximum absolute atomic E-state index is 12.3. The van der Waals surface area contributed by atoms with Crippen LogP contribution in [-0.2, 0) is 10.0 Å². The lowest BCUT2D eigenvalue weighted by Crippen LogP contribution is -2.13. The zero-order valence-electron chi connectivity index (χ0n) is 11.8. The molecule has 0 aliphatic carbocycles. The molecule has 1 N–H and O–H groups in total. The number of halogens is 1. The van der Waals surface area contributed by atoms with Crippen LogP contribution in [0.3, 0.4) is 0 Å². The van der Waals surface area contributed by atoms with Gasteiger partial charge >= 0.3 is 0 Å². The molecule has 0 aliphatic rings. The number of hydrogen-bond donors (Lipinski definition) is 1. The predicted octanol–water partition coefficient (Wildman–Crippen LogP) is 3.85. The third-order valence-corrected chi connectivity index (χ3v) is 4.49. The summed E-state index contributed by atoms with van der Waals surface area (Å²) in [4.78, 5) is 0.181. The van der Waals surface area contributed by atoms with Crippen LogP contribution in [0.2, 0.25) is 5.02 Å². The summed E-state index contributed by atoms with van der Waals surface area (Å²) in [5.41, 5.74) is 1.27. The van der Waals surface area contributed by atoms with E-state index in [0.29, 0.717) is 23.1 Å². The number of nitrogens with one attached hydrogen (secondary N) is 1. The first kappa shape index (κ1) is 15.7. The van der Waals surface area contributed by atoms with Crippen LogP contribution >= 0.6 is 11.6 Å². The smallest absolute Gasteiger partial charge is 0.261 e. The molecular formula is C15H16ClNO3S. The largest absolute Gasteiger partial charge is 0.494 e. The number of benzene rings is 2. The minimum Gasteiger partial charge on any atom is -0.494 e. The van der Waals surface area contributed by atoms with Gasteiger partial charge in [0.25, 0.3) is 10.0 Å². The molecule has 0 heterocycles. The Labute approximate surface area is 129 Å². The van der Waals surface area contributed by atoms with Crippen LogP contribution in [0.25, 0.3) is 0 Å². The second kappa shape index (κ2) is 6.37. The van der Waals surface area contributed by atoms with Gasteiger partial charge in [-0.3, -0.25) is 4.72 Å². The molecule has 2 rings (SSSR count). The third kappa shape index (κ3) is 3.89. The van der Waals surface area contributed by atoms with Crippen LogP contribution in [0, 0.1) is 6.92 Å². The number of hydrogen-bond acceptors (Lipinski definition) is 3. The molecule has 112 valence electrons. The summed E-state index contributed by atoms with van der Waals surface area (Å²) >= 11 is 5.86. The van der Waals surface area contributed by atoms with E-state index >= 15 is 0 Å². The van der Waals surface area contributed by atoms with Crippen LogP contribution in [0.1, 0.15) is 12.5 Å². The Morgan fingerprint density at radius 3 is 2.38 bits per heavy atom. The maximum atomic E-state index is 12.3. The van der Waals surface area contributed by atoms with Gasteiger partial charge < -0.3 is 4.74 Å². The summed E-state index contributed by atoms with van der Waals surface area (Å²) in [5.74, 6) is 0.638. The highest BCUT2D eigenvalue weighted by Gasteiger charge is 2.15. The molecule has 0 amide bonds. The van der Waals surface area contributed by atoms with Gasteiger partial charge in [-0.15, -0.1) is 0 Å². The van der Waals surface area contributed by atoms with Gasteiger partial charge in [-0.25, -0.2) is 8.42 Å². The molecule has 0 saturated carbocycles. The van der Waals surface area contributed by atoms with Crippen LogP contribution in [-0.4, -0.2) is 15.0 Å². The predicted molar refractivity (Wildman–Crippen MR) is 84.6 cm³/mol. The lowest BCUT2D eigenvalue weighted by molar-refractivity contribution is 0.340. The Morgan fingerprint density at radius 2 is 1.81 bits per heavy atom. The van der Waals surface area contributed by atoms with Crippen molar-refractivity contribution in [3.05, 3.63) is 53.1 Å². The third-order valence-electron chi connectivity index (χ3n) is 2.88. The van der Waals surface area contributed by atoms with Gasteiger partial charge in [0.15, 0.2) is 0 Å². The Hall–Kier alpha value is -1.72. The summed E-state index contributed by atoms with van der Waals surface area (Å²) in [6.45, 7) is 4.20. The number of sulfonamides is 1. The molecule has 0 bridgehead atoms. The molecule has 0 saturated heterocycles. The minimum atomic E-state index is -3.63. The second-order valence-electron chi connectivity index (χ2n) is 4.47. The van der Waals surface area contributed by atoms with Crippen molar-refractivity contribution in [3.8, 4) is 5.75 Å². The summed E-state index contributed by atoms with van der Waals surface area (Å²) in [6.07, 6.45) is 0. The molecule has 0 aromatic heterocycles. The average Bonchev–Trinajstić information content (AvgIpc) is 2.43. The van der Waals surface area contributed by atoms with E-state index in [9.17, 15) is 8.42 Å². The van der Waals surface area contributed by atoms with E-state index in [1.54, 1.807) is 37.3 Å². The SMILES string of the molecule is CCOc1ccc(S(=O)(=O)Nc2ccc(Cl)cc2C)cc1. The topological polar surface area (TPSA) is 55.4 Å². The monoisotopic (exact) mass is 325 g/mol. The van der Waals surface area contributed by atoms with Gasteiger partial charge in [0.05, 0.1) is 17.2 Å². The molecule has 2 aromatic carbocycles. The van der Waals surface area contributed by atoms with E-state index in [-0.39, 0.29) is 4.90 Å². The summed E-state index contributed by atoms with van der Waals surface area (Å²) in [7, 11) is -3.63. The molecule has 4 nitrogen and oxygen atoms in total. The second-order valence-corrected chi connectivity index (χ2v) is 6.59. The van der Waals surface area contributed by atoms with E-state index in [2.05, 4.69) is 4.72 Å². The van der Waals surface area contributed by atoms with Gasteiger partial charge in [-0.2, -0.15) is 0 Å². The highest BCUT2D eigenvalue weighted by Crippen LogP contribution is 2.23. The van der Waals surface area contributed by atoms with E-state index in [4.69, 9.17) is 16.3 Å². The Kier molecular flexibility index (Phi) is 4.75. The number of ether oxygens (including phenoxy) is 1. The van der Waals surface area contributed by atoms with Crippen molar-refractivity contribution < 1.29 is 13.2 Å². The van der Waals surface area contributed by atoms with Crippen molar-refractivity contribution in [2.24, 2.45) is 0 Å². The van der Waals surface area contributed by atoms with Crippen LogP contribution in [0.15, 0.2) is 47.4 Å². The van der Waals surface area contributed by atoms with Gasteiger partial charge in [0.2, 0.25) is 0 Å². The average molecular weight is 326 g/mol. The summed E-state index contributed by atoms with van der Waals surface area (Å²) < 4.78 is 32.5. The molecule has 0 atom stereocenters. The highest BCUT2D eigenvalue weighted by atomic mass is 35.5. The maximum Gasteiger partial charge on any atom is 0.261 e. The fourth-order valence-electron chi connectivity index (χ4n) is 1.83. The number of anilines is 1. The van der Waals surface area contributed by atoms with Gasteiger partial charge in [0.1, 0.15) is 5.75 Å². The van der Waals surface area contributed by atoms with Gasteiger partial charge in [-0.05, 0) is 61.9 Å². The highest BCUT2D eigenvalue weighted by molar-refractivity contribution is 7.92. The Morgan fingerprint density at radius 1 is 1.14 bits per heavy atom. The molecule has 2 aromatic rings. The minimum absolute atomic E-state index is 0.181. The van der Waals surface area contributed by atoms with Crippen molar-refractivity contribution in [3.63, 3.8) is 0 Å². The van der Waals surface area contributed by atoms with E-state index in [1.165, 1.54) is 12.1 Å². The van der Waals surface area contributed by atoms with E-state index in [0.717, 1.165) is 5.56 Å². The van der Waals surface area contributed by atoms with Crippen molar-refractivity contribution >= 4 is 27.3 Å². The normalized spacial score (nSPS) is 11.2. The zero-order chi connectivity index (χ0) is 15.5. The molecule has 0 spiro atoms. The first-order chi connectivity index (χ1) is 9.92. The quantitative estimate of drug-likeness (QED) is 0.908. The van der Waals surface area contributed by atoms with Crippen molar-refractivity contribution in [2.45, 2.75) is 18.7 Å². The van der Waals surface area contributed by atoms with Gasteiger partial charge in [0, 0.05) is 5.02 Å². The Bertz CT molecular complexity index is 727. The van der Waals surface area contributed by atoms with E-state index in [1.807, 2.05) is 6.92 Å². The fraction of sp³-hybridized carbons (Fsp3) is 0.200. The van der Waals surface area contributed by atoms with E-state index < -0.39 is 10.0 Å². The first-order valence-corrected chi connectivity index (χ1v) is 8.30. The molecular weight excluding hydrogens is 310 g/mol. The van der Waals surface area contributed by atoms with Crippen LogP contribution in [0.5, 0.6) is 5.75 Å². The zero-order valence-corrected chi connectivity index (χ0v) is 13.3. The molecule has 0 radical (unpaired) electrons. The lowest BCUT2D eigenvalue weighted by atomic mass is 10.2. The fourth-order valence-corrected chi connectivity index (χ4v) is 3.18. The molecule has 0 unspecified atom stereocenters. The van der Waals surface area contributed by atoms with Crippen LogP contribution < -0.4 is 9.46 Å². The van der Waals surface area contributed by atoms with Gasteiger partial charge in [-0.1, -0.05) is 11.6 Å². The first-order valence-electron chi connectivity index (χ1n) is 6.44. The van der Waals surface area contributed by atoms with Crippen molar-refractivity contribution in [2.75, 3.05) is 11.3 Å². The lowest BCUT2D eigenvalue weighted by Gasteiger charge is -2.11. The molecule has 0 aliphatic heterocycles. The number of rotatable bonds is 5. The standard InChI is InChI=1S/C15H16ClNO3S/c1-3-20-13-5-7-14(8-6-13)21(18,19)17-15-9-4-12(16)10-11(15)2/h4-10,17H,3H2,1-2H3. The summed E-state index contributed by atoms with van der Waals surface area (Å²) in [5, 5.41) is 0.566. The molecule has 6 heteroatoms. The molecule has 21 heavy (non-hydrogen) atoms. The Balaban J connectivity index is 2.25. The number of aryl methyl sites for hydroxylation is 1. The molecule has 0 fully saturated rings. The van der Waals surface area contributed by atoms with Crippen molar-refractivity contribution in [1.82, 2.24) is 0 Å².